The second-order valence-electron chi connectivity index (χ2n) is 5.32. The number of carbonyl (C=O) groups is 1. The van der Waals surface area contributed by atoms with Crippen molar-refractivity contribution in [3.63, 3.8) is 0 Å². The molecule has 0 bridgehead atoms. The van der Waals surface area contributed by atoms with E-state index in [2.05, 4.69) is 10.3 Å². The molecule has 1 unspecified atom stereocenters. The summed E-state index contributed by atoms with van der Waals surface area (Å²) in [6.07, 6.45) is 3.04. The van der Waals surface area contributed by atoms with Crippen LogP contribution in [0.25, 0.3) is 0 Å². The van der Waals surface area contributed by atoms with Gasteiger partial charge in [-0.3, -0.25) is 9.78 Å². The molecule has 1 amide bonds. The van der Waals surface area contributed by atoms with E-state index in [0.29, 0.717) is 15.3 Å². The summed E-state index contributed by atoms with van der Waals surface area (Å²) in [4.78, 5) is 16.1. The Bertz CT molecular complexity index is 925. The molecule has 5 nitrogen and oxygen atoms in total. The van der Waals surface area contributed by atoms with Crippen molar-refractivity contribution >= 4 is 27.1 Å². The number of nitrogens with zero attached hydrogens (tertiary/aromatic N) is 1. The van der Waals surface area contributed by atoms with Gasteiger partial charge in [-0.25, -0.2) is 8.42 Å². The third kappa shape index (κ3) is 3.94. The van der Waals surface area contributed by atoms with Gasteiger partial charge in [0.25, 0.3) is 5.91 Å². The molecule has 0 aliphatic rings. The van der Waals surface area contributed by atoms with Crippen LogP contribution in [0.4, 0.5) is 0 Å². The van der Waals surface area contributed by atoms with Crippen LogP contribution in [0.2, 0.25) is 0 Å². The third-order valence-electron chi connectivity index (χ3n) is 3.71. The van der Waals surface area contributed by atoms with Crippen LogP contribution in [0, 0.1) is 0 Å². The van der Waals surface area contributed by atoms with Crippen molar-refractivity contribution in [3.05, 3.63) is 83.5 Å². The standard InChI is InChI=1S/C18H16N2O3S2/c21-18(15-8-10-19-11-9-15)20-13-16(14-5-2-1-3-6-14)25(22,23)17-7-4-12-24-17/h1-12,16H,13H2,(H,20,21). The van der Waals surface area contributed by atoms with Crippen LogP contribution in [-0.2, 0) is 9.84 Å². The number of pyridine rings is 1. The molecule has 0 saturated carbocycles. The maximum Gasteiger partial charge on any atom is 0.251 e. The summed E-state index contributed by atoms with van der Waals surface area (Å²) in [5, 5.41) is 3.60. The Kier molecular flexibility index (Phi) is 5.25. The van der Waals surface area contributed by atoms with Crippen LogP contribution < -0.4 is 5.32 Å². The van der Waals surface area contributed by atoms with Crippen LogP contribution in [-0.4, -0.2) is 25.9 Å². The molecule has 25 heavy (non-hydrogen) atoms. The van der Waals surface area contributed by atoms with Crippen LogP contribution in [0.1, 0.15) is 21.2 Å². The van der Waals surface area contributed by atoms with Crippen molar-refractivity contribution in [3.8, 4) is 0 Å². The lowest BCUT2D eigenvalue weighted by Crippen LogP contribution is -2.31. The first-order valence-corrected chi connectivity index (χ1v) is 10.0. The van der Waals surface area contributed by atoms with E-state index in [9.17, 15) is 13.2 Å². The minimum absolute atomic E-state index is 0.00853. The number of thiophene rings is 1. The zero-order valence-electron chi connectivity index (χ0n) is 13.2. The minimum atomic E-state index is -3.60. The molecule has 128 valence electrons. The topological polar surface area (TPSA) is 76.1 Å². The van der Waals surface area contributed by atoms with E-state index >= 15 is 0 Å². The number of carbonyl (C=O) groups excluding carboxylic acids is 1. The Balaban J connectivity index is 1.87. The second kappa shape index (κ2) is 7.58. The summed E-state index contributed by atoms with van der Waals surface area (Å²) < 4.78 is 26.3. The second-order valence-corrected chi connectivity index (χ2v) is 8.63. The molecular weight excluding hydrogens is 356 g/mol. The molecule has 0 spiro atoms. The van der Waals surface area contributed by atoms with Gasteiger partial charge in [-0.05, 0) is 29.1 Å². The first kappa shape index (κ1) is 17.3. The molecule has 0 saturated heterocycles. The molecule has 0 radical (unpaired) electrons. The van der Waals surface area contributed by atoms with Gasteiger partial charge in [-0.1, -0.05) is 36.4 Å². The number of aromatic nitrogens is 1. The van der Waals surface area contributed by atoms with Crippen molar-refractivity contribution in [1.82, 2.24) is 10.3 Å². The van der Waals surface area contributed by atoms with E-state index < -0.39 is 15.1 Å². The van der Waals surface area contributed by atoms with Crippen LogP contribution in [0.3, 0.4) is 0 Å². The molecule has 0 aliphatic heterocycles. The van der Waals surface area contributed by atoms with Gasteiger partial charge >= 0.3 is 0 Å². The fraction of sp³-hybridized carbons (Fsp3) is 0.111. The van der Waals surface area contributed by atoms with Gasteiger partial charge in [0.1, 0.15) is 9.46 Å². The number of rotatable bonds is 6. The molecule has 1 N–H and O–H groups in total. The highest BCUT2D eigenvalue weighted by Gasteiger charge is 2.30. The number of sulfone groups is 1. The molecular formula is C18H16N2O3S2. The van der Waals surface area contributed by atoms with Gasteiger partial charge in [0, 0.05) is 24.5 Å². The number of nitrogens with one attached hydrogen (secondary N) is 1. The van der Waals surface area contributed by atoms with Gasteiger partial charge in [0.05, 0.1) is 0 Å². The average Bonchev–Trinajstić information content (AvgIpc) is 3.19. The lowest BCUT2D eigenvalue weighted by molar-refractivity contribution is 0.0953. The first-order valence-electron chi connectivity index (χ1n) is 7.59. The highest BCUT2D eigenvalue weighted by Crippen LogP contribution is 2.31. The number of hydrogen-bond acceptors (Lipinski definition) is 5. The number of hydrogen-bond donors (Lipinski definition) is 1. The first-order chi connectivity index (χ1) is 12.1. The maximum absolute atomic E-state index is 13.0. The van der Waals surface area contributed by atoms with Crippen LogP contribution >= 0.6 is 11.3 Å². The van der Waals surface area contributed by atoms with E-state index in [1.807, 2.05) is 6.07 Å². The minimum Gasteiger partial charge on any atom is -0.350 e. The summed E-state index contributed by atoms with van der Waals surface area (Å²) >= 11 is 1.17. The predicted molar refractivity (Wildman–Crippen MR) is 97.3 cm³/mol. The molecule has 0 fully saturated rings. The molecule has 3 aromatic rings. The Morgan fingerprint density at radius 2 is 1.76 bits per heavy atom. The molecule has 2 aromatic heterocycles. The summed E-state index contributed by atoms with van der Waals surface area (Å²) in [7, 11) is -3.60. The molecule has 1 aromatic carbocycles. The summed E-state index contributed by atoms with van der Waals surface area (Å²) in [6.45, 7) is -0.00853. The van der Waals surface area contributed by atoms with Crippen molar-refractivity contribution in [2.45, 2.75) is 9.46 Å². The van der Waals surface area contributed by atoms with E-state index in [-0.39, 0.29) is 12.5 Å². The van der Waals surface area contributed by atoms with Gasteiger partial charge in [0.2, 0.25) is 0 Å². The van der Waals surface area contributed by atoms with Gasteiger partial charge in [-0.15, -0.1) is 11.3 Å². The molecule has 7 heteroatoms. The molecule has 0 aliphatic carbocycles. The Morgan fingerprint density at radius 3 is 2.40 bits per heavy atom. The van der Waals surface area contributed by atoms with Gasteiger partial charge in [-0.2, -0.15) is 0 Å². The fourth-order valence-corrected chi connectivity index (χ4v) is 5.30. The van der Waals surface area contributed by atoms with Crippen LogP contribution in [0.5, 0.6) is 0 Å². The molecule has 2 heterocycles. The monoisotopic (exact) mass is 372 g/mol. The van der Waals surface area contributed by atoms with Crippen molar-refractivity contribution in [1.29, 1.82) is 0 Å². The van der Waals surface area contributed by atoms with E-state index in [1.54, 1.807) is 53.9 Å². The Labute approximate surface area is 150 Å². The van der Waals surface area contributed by atoms with E-state index in [0.717, 1.165) is 0 Å². The summed E-state index contributed by atoms with van der Waals surface area (Å²) in [5.74, 6) is -0.329. The predicted octanol–water partition coefficient (Wildman–Crippen LogP) is 3.09. The average molecular weight is 372 g/mol. The van der Waals surface area contributed by atoms with Crippen LogP contribution in [0.15, 0.2) is 76.6 Å². The largest absolute Gasteiger partial charge is 0.350 e. The van der Waals surface area contributed by atoms with Gasteiger partial charge in [0.15, 0.2) is 9.84 Å². The number of amides is 1. The zero-order valence-corrected chi connectivity index (χ0v) is 14.8. The summed E-state index contributed by atoms with van der Waals surface area (Å²) in [6, 6.07) is 15.4. The number of benzene rings is 1. The van der Waals surface area contributed by atoms with Crippen molar-refractivity contribution in [2.75, 3.05) is 6.54 Å². The van der Waals surface area contributed by atoms with Crippen molar-refractivity contribution < 1.29 is 13.2 Å². The summed E-state index contributed by atoms with van der Waals surface area (Å²) in [5.41, 5.74) is 1.08. The smallest absolute Gasteiger partial charge is 0.251 e. The highest BCUT2D eigenvalue weighted by atomic mass is 32.2. The van der Waals surface area contributed by atoms with Gasteiger partial charge < -0.3 is 5.32 Å². The van der Waals surface area contributed by atoms with E-state index in [4.69, 9.17) is 0 Å². The molecule has 3 rings (SSSR count). The fourth-order valence-electron chi connectivity index (χ4n) is 2.43. The lowest BCUT2D eigenvalue weighted by Gasteiger charge is -2.18. The SMILES string of the molecule is O=C(NCC(c1ccccc1)S(=O)(=O)c1cccs1)c1ccncc1. The highest BCUT2D eigenvalue weighted by molar-refractivity contribution is 7.93. The van der Waals surface area contributed by atoms with E-state index in [1.165, 1.54) is 23.7 Å². The maximum atomic E-state index is 13.0. The van der Waals surface area contributed by atoms with Crippen molar-refractivity contribution in [2.24, 2.45) is 0 Å². The zero-order chi connectivity index (χ0) is 17.7. The Morgan fingerprint density at radius 1 is 1.04 bits per heavy atom. The Hall–Kier alpha value is -2.51. The normalized spacial score (nSPS) is 12.5. The quantitative estimate of drug-likeness (QED) is 0.721. The lowest BCUT2D eigenvalue weighted by atomic mass is 10.1. The molecule has 1 atom stereocenters. The third-order valence-corrected chi connectivity index (χ3v) is 7.24.